The Balaban J connectivity index is 2.02. The first kappa shape index (κ1) is 14.4. The van der Waals surface area contributed by atoms with E-state index in [9.17, 15) is 4.79 Å². The number of hydrogen-bond donors (Lipinski definition) is 1. The zero-order chi connectivity index (χ0) is 15.5. The van der Waals surface area contributed by atoms with E-state index < -0.39 is 0 Å². The lowest BCUT2D eigenvalue weighted by atomic mass is 10.1. The maximum Gasteiger partial charge on any atom is 0.280 e. The van der Waals surface area contributed by atoms with Gasteiger partial charge in [0.25, 0.3) is 5.56 Å². The number of rotatable bonds is 4. The van der Waals surface area contributed by atoms with Crippen LogP contribution in [0.1, 0.15) is 0 Å². The highest BCUT2D eigenvalue weighted by Crippen LogP contribution is 2.19. The molecule has 0 aliphatic carbocycles. The number of ether oxygens (including phenoxy) is 1. The third kappa shape index (κ3) is 2.62. The molecule has 0 aliphatic rings. The number of aromatic nitrogens is 4. The van der Waals surface area contributed by atoms with Crippen molar-refractivity contribution in [2.75, 3.05) is 13.4 Å². The van der Waals surface area contributed by atoms with Gasteiger partial charge >= 0.3 is 0 Å². The van der Waals surface area contributed by atoms with E-state index in [2.05, 4.69) is 15.1 Å². The largest absolute Gasteiger partial charge is 0.481 e. The fourth-order valence-electron chi connectivity index (χ4n) is 2.06. The minimum absolute atomic E-state index is 0.169. The Labute approximate surface area is 131 Å². The Morgan fingerprint density at radius 3 is 2.82 bits per heavy atom. The van der Waals surface area contributed by atoms with Crippen LogP contribution in [-0.4, -0.2) is 33.1 Å². The second-order valence-corrected chi connectivity index (χ2v) is 5.35. The number of H-pyrrole nitrogens is 1. The third-order valence-corrected chi connectivity index (χ3v) is 3.92. The van der Waals surface area contributed by atoms with E-state index in [4.69, 9.17) is 4.74 Å². The molecular formula is C15H14N4O2S. The average Bonchev–Trinajstić information content (AvgIpc) is 2.96. The fraction of sp³-hybridized carbons (Fsp3) is 0.133. The topological polar surface area (TPSA) is 72.8 Å². The molecule has 0 unspecified atom stereocenters. The van der Waals surface area contributed by atoms with Crippen LogP contribution in [-0.2, 0) is 0 Å². The lowest BCUT2D eigenvalue weighted by molar-refractivity contribution is 0.398. The maximum atomic E-state index is 12.5. The summed E-state index contributed by atoms with van der Waals surface area (Å²) in [6, 6.07) is 7.22. The number of pyridine rings is 2. The molecule has 0 atom stereocenters. The summed E-state index contributed by atoms with van der Waals surface area (Å²) in [5.41, 5.74) is 1.11. The minimum Gasteiger partial charge on any atom is -0.481 e. The van der Waals surface area contributed by atoms with Crippen LogP contribution < -0.4 is 10.3 Å². The van der Waals surface area contributed by atoms with Gasteiger partial charge in [-0.3, -0.25) is 9.89 Å². The van der Waals surface area contributed by atoms with E-state index in [-0.39, 0.29) is 5.56 Å². The predicted octanol–water partition coefficient (Wildman–Crippen LogP) is 2.35. The lowest BCUT2D eigenvalue weighted by Crippen LogP contribution is -2.16. The van der Waals surface area contributed by atoms with Crippen LogP contribution in [0.3, 0.4) is 0 Å². The van der Waals surface area contributed by atoms with Gasteiger partial charge in [-0.2, -0.15) is 0 Å². The van der Waals surface area contributed by atoms with Crippen LogP contribution in [0.5, 0.6) is 5.88 Å². The molecule has 6 nitrogen and oxygen atoms in total. The van der Waals surface area contributed by atoms with E-state index in [0.717, 1.165) is 10.5 Å². The molecule has 22 heavy (non-hydrogen) atoms. The summed E-state index contributed by atoms with van der Waals surface area (Å²) in [6.07, 6.45) is 6.98. The van der Waals surface area contributed by atoms with E-state index in [1.165, 1.54) is 4.68 Å². The summed E-state index contributed by atoms with van der Waals surface area (Å²) >= 11 is 1.60. The lowest BCUT2D eigenvalue weighted by Gasteiger charge is -2.02. The molecule has 0 radical (unpaired) electrons. The fourth-order valence-corrected chi connectivity index (χ4v) is 2.42. The van der Waals surface area contributed by atoms with E-state index in [1.807, 2.05) is 12.3 Å². The average molecular weight is 314 g/mol. The molecule has 0 aromatic carbocycles. The number of aromatic amines is 1. The van der Waals surface area contributed by atoms with Crippen molar-refractivity contribution in [3.05, 3.63) is 53.2 Å². The Morgan fingerprint density at radius 2 is 2.14 bits per heavy atom. The number of hydrogen-bond acceptors (Lipinski definition) is 5. The number of methoxy groups -OCH3 is 1. The Hall–Kier alpha value is -2.54. The van der Waals surface area contributed by atoms with Gasteiger partial charge in [0.05, 0.1) is 12.7 Å². The van der Waals surface area contributed by atoms with E-state index in [1.54, 1.807) is 55.7 Å². The minimum atomic E-state index is -0.169. The zero-order valence-corrected chi connectivity index (χ0v) is 12.9. The van der Waals surface area contributed by atoms with Gasteiger partial charge in [0.15, 0.2) is 5.82 Å². The quantitative estimate of drug-likeness (QED) is 0.748. The summed E-state index contributed by atoms with van der Waals surface area (Å²) in [4.78, 5) is 21.9. The molecule has 3 aromatic heterocycles. The molecule has 0 bridgehead atoms. The highest BCUT2D eigenvalue weighted by molar-refractivity contribution is 7.98. The van der Waals surface area contributed by atoms with Crippen molar-refractivity contribution >= 4 is 11.8 Å². The SMILES string of the molecule is COc1cc(-c2c[nH]n(-c3ccc(SC)cn3)c2=O)ccn1. The van der Waals surface area contributed by atoms with Crippen molar-refractivity contribution in [3.8, 4) is 22.8 Å². The molecular weight excluding hydrogens is 300 g/mol. The molecule has 0 aliphatic heterocycles. The van der Waals surface area contributed by atoms with Gasteiger partial charge in [-0.15, -0.1) is 11.8 Å². The normalized spacial score (nSPS) is 10.6. The molecule has 3 heterocycles. The molecule has 3 rings (SSSR count). The molecule has 1 N–H and O–H groups in total. The van der Waals surface area contributed by atoms with Crippen LogP contribution in [0.4, 0.5) is 0 Å². The van der Waals surface area contributed by atoms with Crippen LogP contribution in [0.15, 0.2) is 52.5 Å². The van der Waals surface area contributed by atoms with Gasteiger partial charge in [0.2, 0.25) is 5.88 Å². The highest BCUT2D eigenvalue weighted by Gasteiger charge is 2.11. The number of nitrogens with one attached hydrogen (secondary N) is 1. The monoisotopic (exact) mass is 314 g/mol. The first-order valence-electron chi connectivity index (χ1n) is 6.54. The van der Waals surface area contributed by atoms with Crippen LogP contribution >= 0.6 is 11.8 Å². The van der Waals surface area contributed by atoms with Gasteiger partial charge < -0.3 is 4.74 Å². The predicted molar refractivity (Wildman–Crippen MR) is 85.7 cm³/mol. The molecule has 0 saturated carbocycles. The molecule has 3 aromatic rings. The standard InChI is InChI=1S/C15H14N4O2S/c1-21-14-7-10(5-6-16-14)12-9-18-19(15(12)20)13-4-3-11(22-2)8-17-13/h3-9,18H,1-2H3. The molecule has 0 amide bonds. The van der Waals surface area contributed by atoms with E-state index in [0.29, 0.717) is 17.3 Å². The summed E-state index contributed by atoms with van der Waals surface area (Å²) in [6.45, 7) is 0. The third-order valence-electron chi connectivity index (χ3n) is 3.21. The van der Waals surface area contributed by atoms with Gasteiger partial charge in [-0.1, -0.05) is 0 Å². The molecule has 0 spiro atoms. The summed E-state index contributed by atoms with van der Waals surface area (Å²) in [5.74, 6) is 1.02. The smallest absolute Gasteiger partial charge is 0.280 e. The first-order chi connectivity index (χ1) is 10.7. The second-order valence-electron chi connectivity index (χ2n) is 4.47. The Morgan fingerprint density at radius 1 is 1.27 bits per heavy atom. The molecule has 0 fully saturated rings. The Kier molecular flexibility index (Phi) is 3.97. The van der Waals surface area contributed by atoms with Gasteiger partial charge in [0.1, 0.15) is 0 Å². The summed E-state index contributed by atoms with van der Waals surface area (Å²) < 4.78 is 6.50. The van der Waals surface area contributed by atoms with E-state index >= 15 is 0 Å². The van der Waals surface area contributed by atoms with Crippen molar-refractivity contribution < 1.29 is 4.74 Å². The van der Waals surface area contributed by atoms with Crippen LogP contribution in [0, 0.1) is 0 Å². The summed E-state index contributed by atoms with van der Waals surface area (Å²) in [7, 11) is 1.54. The van der Waals surface area contributed by atoms with Gasteiger partial charge in [-0.05, 0) is 30.0 Å². The Bertz CT molecular complexity index is 839. The summed E-state index contributed by atoms with van der Waals surface area (Å²) in [5, 5.41) is 2.94. The highest BCUT2D eigenvalue weighted by atomic mass is 32.2. The van der Waals surface area contributed by atoms with Crippen molar-refractivity contribution in [3.63, 3.8) is 0 Å². The van der Waals surface area contributed by atoms with Gasteiger partial charge in [0, 0.05) is 29.6 Å². The van der Waals surface area contributed by atoms with Crippen LogP contribution in [0.25, 0.3) is 16.9 Å². The number of nitrogens with zero attached hydrogens (tertiary/aromatic N) is 3. The first-order valence-corrected chi connectivity index (χ1v) is 7.76. The van der Waals surface area contributed by atoms with Crippen molar-refractivity contribution in [1.82, 2.24) is 19.7 Å². The molecule has 0 saturated heterocycles. The van der Waals surface area contributed by atoms with Crippen molar-refractivity contribution in [2.45, 2.75) is 4.90 Å². The number of thioether (sulfide) groups is 1. The zero-order valence-electron chi connectivity index (χ0n) is 12.1. The molecule has 7 heteroatoms. The van der Waals surface area contributed by atoms with Crippen molar-refractivity contribution in [1.29, 1.82) is 0 Å². The van der Waals surface area contributed by atoms with Crippen molar-refractivity contribution in [2.24, 2.45) is 0 Å². The van der Waals surface area contributed by atoms with Gasteiger partial charge in [-0.25, -0.2) is 14.6 Å². The maximum absolute atomic E-state index is 12.5. The molecule has 112 valence electrons. The van der Waals surface area contributed by atoms with Crippen LogP contribution in [0.2, 0.25) is 0 Å². The second kappa shape index (κ2) is 6.07.